The molecule has 0 heterocycles. The zero-order chi connectivity index (χ0) is 8.27. The van der Waals surface area contributed by atoms with Gasteiger partial charge in [0.2, 0.25) is 0 Å². The van der Waals surface area contributed by atoms with Gasteiger partial charge in [0.05, 0.1) is 14.2 Å². The second-order valence-corrected chi connectivity index (χ2v) is 2.08. The van der Waals surface area contributed by atoms with E-state index in [2.05, 4.69) is 0 Å². The van der Waals surface area contributed by atoms with Crippen molar-refractivity contribution in [3.63, 3.8) is 0 Å². The molecule has 0 spiro atoms. The first-order valence-corrected chi connectivity index (χ1v) is 3.26. The Morgan fingerprint density at radius 2 is 1.55 bits per heavy atom. The standard InChI is InChI=1S/C9H10O2/c1-7-8(10-2)5-4-6-9(7)11-3/h1,4-6H,2-3H3. The molecule has 0 N–H and O–H groups in total. The summed E-state index contributed by atoms with van der Waals surface area (Å²) in [6, 6.07) is 5.41. The van der Waals surface area contributed by atoms with Crippen molar-refractivity contribution in [1.82, 2.24) is 0 Å². The van der Waals surface area contributed by atoms with Crippen LogP contribution in [-0.4, -0.2) is 14.2 Å². The van der Waals surface area contributed by atoms with Gasteiger partial charge < -0.3 is 9.47 Å². The molecule has 2 heteroatoms. The Morgan fingerprint density at radius 1 is 1.09 bits per heavy atom. The van der Waals surface area contributed by atoms with Crippen LogP contribution in [0, 0.1) is 6.92 Å². The van der Waals surface area contributed by atoms with Gasteiger partial charge in [0.25, 0.3) is 0 Å². The molecule has 0 amide bonds. The Balaban J connectivity index is 3.10. The van der Waals surface area contributed by atoms with Crippen LogP contribution in [0.5, 0.6) is 11.5 Å². The summed E-state index contributed by atoms with van der Waals surface area (Å²) in [6.45, 7) is 5.65. The van der Waals surface area contributed by atoms with E-state index in [9.17, 15) is 0 Å². The first kappa shape index (κ1) is 7.92. The van der Waals surface area contributed by atoms with E-state index in [4.69, 9.17) is 16.4 Å². The summed E-state index contributed by atoms with van der Waals surface area (Å²) in [5.74, 6) is 1.29. The fourth-order valence-electron chi connectivity index (χ4n) is 0.880. The maximum atomic E-state index is 5.65. The Morgan fingerprint density at radius 3 is 1.91 bits per heavy atom. The SMILES string of the molecule is [CH]c1c(OC)cccc1OC. The molecule has 11 heavy (non-hydrogen) atoms. The molecule has 0 unspecified atom stereocenters. The van der Waals surface area contributed by atoms with Gasteiger partial charge in [-0.1, -0.05) is 6.07 Å². The van der Waals surface area contributed by atoms with E-state index in [0.29, 0.717) is 17.1 Å². The third-order valence-electron chi connectivity index (χ3n) is 1.47. The number of rotatable bonds is 2. The van der Waals surface area contributed by atoms with Gasteiger partial charge in [0, 0.05) is 12.5 Å². The molecule has 0 aliphatic carbocycles. The summed E-state index contributed by atoms with van der Waals surface area (Å²) in [5.41, 5.74) is 0.539. The molecule has 0 aliphatic rings. The largest absolute Gasteiger partial charge is 0.496 e. The van der Waals surface area contributed by atoms with Crippen molar-refractivity contribution in [2.24, 2.45) is 0 Å². The van der Waals surface area contributed by atoms with Crippen LogP contribution in [0.25, 0.3) is 0 Å². The number of benzene rings is 1. The smallest absolute Gasteiger partial charge is 0.126 e. The number of methoxy groups -OCH3 is 2. The molecular formula is C9H10O2. The van der Waals surface area contributed by atoms with Crippen LogP contribution in [0.3, 0.4) is 0 Å². The van der Waals surface area contributed by atoms with E-state index < -0.39 is 0 Å². The second kappa shape index (κ2) is 3.28. The minimum absolute atomic E-state index is 0.539. The van der Waals surface area contributed by atoms with Gasteiger partial charge in [-0.25, -0.2) is 0 Å². The topological polar surface area (TPSA) is 18.5 Å². The van der Waals surface area contributed by atoms with Gasteiger partial charge in [0.1, 0.15) is 11.5 Å². The minimum Gasteiger partial charge on any atom is -0.496 e. The maximum Gasteiger partial charge on any atom is 0.126 e. The number of hydrogen-bond acceptors (Lipinski definition) is 2. The molecule has 1 aromatic carbocycles. The van der Waals surface area contributed by atoms with Gasteiger partial charge in [-0.2, -0.15) is 0 Å². The highest BCUT2D eigenvalue weighted by atomic mass is 16.5. The van der Waals surface area contributed by atoms with Gasteiger partial charge in [-0.15, -0.1) is 0 Å². The Kier molecular flexibility index (Phi) is 2.36. The van der Waals surface area contributed by atoms with Gasteiger partial charge in [-0.05, 0) is 12.1 Å². The monoisotopic (exact) mass is 150 g/mol. The Bertz CT molecular complexity index is 221. The molecule has 1 aromatic rings. The molecule has 2 radical (unpaired) electrons. The third-order valence-corrected chi connectivity index (χ3v) is 1.47. The molecule has 58 valence electrons. The van der Waals surface area contributed by atoms with E-state index in [0.717, 1.165) is 0 Å². The van der Waals surface area contributed by atoms with Crippen LogP contribution in [0.15, 0.2) is 18.2 Å². The summed E-state index contributed by atoms with van der Waals surface area (Å²) < 4.78 is 9.96. The average Bonchev–Trinajstić information content (AvgIpc) is 2.05. The lowest BCUT2D eigenvalue weighted by Crippen LogP contribution is -1.90. The Hall–Kier alpha value is -1.18. The number of ether oxygens (including phenoxy) is 2. The van der Waals surface area contributed by atoms with Crippen LogP contribution >= 0.6 is 0 Å². The van der Waals surface area contributed by atoms with Crippen molar-refractivity contribution >= 4 is 0 Å². The number of hydrogen-bond donors (Lipinski definition) is 0. The fraction of sp³-hybridized carbons (Fsp3) is 0.222. The zero-order valence-corrected chi connectivity index (χ0v) is 6.63. The van der Waals surface area contributed by atoms with E-state index in [-0.39, 0.29) is 0 Å². The average molecular weight is 150 g/mol. The van der Waals surface area contributed by atoms with Crippen LogP contribution in [-0.2, 0) is 0 Å². The fourth-order valence-corrected chi connectivity index (χ4v) is 0.880. The molecule has 0 fully saturated rings. The zero-order valence-electron chi connectivity index (χ0n) is 6.63. The molecule has 0 atom stereocenters. The van der Waals surface area contributed by atoms with E-state index in [1.807, 2.05) is 6.07 Å². The summed E-state index contributed by atoms with van der Waals surface area (Å²) >= 11 is 0. The highest BCUT2D eigenvalue weighted by Crippen LogP contribution is 2.26. The molecule has 0 bridgehead atoms. The normalized spacial score (nSPS) is 9.36. The van der Waals surface area contributed by atoms with Crippen molar-refractivity contribution in [1.29, 1.82) is 0 Å². The highest BCUT2D eigenvalue weighted by molar-refractivity contribution is 5.46. The molecule has 1 rings (SSSR count). The quantitative estimate of drug-likeness (QED) is 0.639. The molecule has 0 aromatic heterocycles. The van der Waals surface area contributed by atoms with Crippen LogP contribution < -0.4 is 9.47 Å². The molecular weight excluding hydrogens is 140 g/mol. The Labute approximate surface area is 66.8 Å². The maximum absolute atomic E-state index is 5.65. The predicted molar refractivity (Wildman–Crippen MR) is 42.9 cm³/mol. The van der Waals surface area contributed by atoms with Crippen molar-refractivity contribution in [3.8, 4) is 11.5 Å². The van der Waals surface area contributed by atoms with Crippen molar-refractivity contribution in [2.75, 3.05) is 14.2 Å². The second-order valence-electron chi connectivity index (χ2n) is 2.08. The van der Waals surface area contributed by atoms with E-state index >= 15 is 0 Å². The van der Waals surface area contributed by atoms with Crippen LogP contribution in [0.2, 0.25) is 0 Å². The molecule has 0 saturated carbocycles. The van der Waals surface area contributed by atoms with Crippen LogP contribution in [0.4, 0.5) is 0 Å². The summed E-state index contributed by atoms with van der Waals surface area (Å²) in [6.07, 6.45) is 0. The van der Waals surface area contributed by atoms with Crippen molar-refractivity contribution < 1.29 is 9.47 Å². The van der Waals surface area contributed by atoms with Gasteiger partial charge in [0.15, 0.2) is 0 Å². The van der Waals surface area contributed by atoms with E-state index in [1.165, 1.54) is 0 Å². The van der Waals surface area contributed by atoms with Crippen LogP contribution in [0.1, 0.15) is 5.56 Å². The molecule has 0 saturated heterocycles. The van der Waals surface area contributed by atoms with Crippen molar-refractivity contribution in [3.05, 3.63) is 30.7 Å². The minimum atomic E-state index is 0.539. The summed E-state index contributed by atoms with van der Waals surface area (Å²) in [7, 11) is 3.15. The molecule has 2 nitrogen and oxygen atoms in total. The first-order valence-electron chi connectivity index (χ1n) is 3.26. The summed E-state index contributed by atoms with van der Waals surface area (Å²) in [4.78, 5) is 0. The third kappa shape index (κ3) is 1.45. The predicted octanol–water partition coefficient (Wildman–Crippen LogP) is 1.76. The van der Waals surface area contributed by atoms with Gasteiger partial charge >= 0.3 is 0 Å². The van der Waals surface area contributed by atoms with Gasteiger partial charge in [-0.3, -0.25) is 0 Å². The highest BCUT2D eigenvalue weighted by Gasteiger charge is 2.02. The lowest BCUT2D eigenvalue weighted by atomic mass is 10.2. The molecule has 0 aliphatic heterocycles. The van der Waals surface area contributed by atoms with Crippen molar-refractivity contribution in [2.45, 2.75) is 0 Å². The summed E-state index contributed by atoms with van der Waals surface area (Å²) in [5, 5.41) is 0. The lowest BCUT2D eigenvalue weighted by molar-refractivity contribution is 0.391. The lowest BCUT2D eigenvalue weighted by Gasteiger charge is -2.07. The van der Waals surface area contributed by atoms with E-state index in [1.54, 1.807) is 26.4 Å². The first-order chi connectivity index (χ1) is 5.29.